The lowest BCUT2D eigenvalue weighted by molar-refractivity contribution is 0.0826. The minimum absolute atomic E-state index is 0.260. The number of hydrogen-bond donors (Lipinski definition) is 1. The van der Waals surface area contributed by atoms with Crippen molar-refractivity contribution >= 4 is 15.9 Å². The Morgan fingerprint density at radius 1 is 1.38 bits per heavy atom. The largest absolute Gasteiger partial charge is 0.497 e. The molecule has 2 rings (SSSR count). The van der Waals surface area contributed by atoms with Crippen LogP contribution in [0.4, 0.5) is 0 Å². The summed E-state index contributed by atoms with van der Waals surface area (Å²) in [5.41, 5.74) is 7.83. The van der Waals surface area contributed by atoms with Gasteiger partial charge in [-0.2, -0.15) is 0 Å². The molecule has 2 N–H and O–H groups in total. The molecule has 0 amide bonds. The van der Waals surface area contributed by atoms with Crippen molar-refractivity contribution in [3.05, 3.63) is 28.2 Å². The average Bonchev–Trinajstić information content (AvgIpc) is 2.51. The van der Waals surface area contributed by atoms with Gasteiger partial charge in [0.15, 0.2) is 0 Å². The maximum Gasteiger partial charge on any atom is 0.119 e. The maximum atomic E-state index is 6.09. The van der Waals surface area contributed by atoms with Crippen molar-refractivity contribution in [1.82, 2.24) is 4.90 Å². The molecule has 0 saturated carbocycles. The Balaban J connectivity index is 2.17. The Kier molecular flexibility index (Phi) is 5.69. The standard InChI is InChI=1S/C17H27BrN2O/c1-4-17(2)7-9-20(10-8-17)16(12-19)14-11-13(21-3)5-6-15(14)18/h5-6,11,16H,4,7-10,12,19H2,1-3H3. The Hall–Kier alpha value is -0.580. The van der Waals surface area contributed by atoms with Crippen LogP contribution in [-0.4, -0.2) is 31.6 Å². The summed E-state index contributed by atoms with van der Waals surface area (Å²) in [6.07, 6.45) is 3.76. The Labute approximate surface area is 137 Å². The summed E-state index contributed by atoms with van der Waals surface area (Å²) in [7, 11) is 1.71. The summed E-state index contributed by atoms with van der Waals surface area (Å²) in [4.78, 5) is 2.52. The van der Waals surface area contributed by atoms with E-state index in [0.29, 0.717) is 12.0 Å². The first kappa shape index (κ1) is 16.8. The molecule has 0 aliphatic carbocycles. The Morgan fingerprint density at radius 3 is 2.57 bits per heavy atom. The highest BCUT2D eigenvalue weighted by molar-refractivity contribution is 9.10. The predicted octanol–water partition coefficient (Wildman–Crippen LogP) is 3.97. The van der Waals surface area contributed by atoms with E-state index >= 15 is 0 Å². The van der Waals surface area contributed by atoms with Crippen LogP contribution in [0.15, 0.2) is 22.7 Å². The van der Waals surface area contributed by atoms with Gasteiger partial charge in [-0.25, -0.2) is 0 Å². The van der Waals surface area contributed by atoms with E-state index in [1.165, 1.54) is 24.8 Å². The number of nitrogens with two attached hydrogens (primary N) is 1. The summed E-state index contributed by atoms with van der Waals surface area (Å²) in [5.74, 6) is 0.891. The van der Waals surface area contributed by atoms with Crippen LogP contribution in [0, 0.1) is 5.41 Å². The number of likely N-dealkylation sites (tertiary alicyclic amines) is 1. The quantitative estimate of drug-likeness (QED) is 0.869. The third-order valence-corrected chi connectivity index (χ3v) is 5.81. The van der Waals surface area contributed by atoms with Gasteiger partial charge in [-0.1, -0.05) is 36.2 Å². The number of benzene rings is 1. The van der Waals surface area contributed by atoms with Crippen LogP contribution in [0.5, 0.6) is 5.75 Å². The molecule has 1 fully saturated rings. The molecule has 1 unspecified atom stereocenters. The van der Waals surface area contributed by atoms with Crippen molar-refractivity contribution in [2.24, 2.45) is 11.1 Å². The monoisotopic (exact) mass is 354 g/mol. The van der Waals surface area contributed by atoms with Crippen LogP contribution < -0.4 is 10.5 Å². The number of halogens is 1. The minimum Gasteiger partial charge on any atom is -0.497 e. The molecule has 1 aromatic carbocycles. The van der Waals surface area contributed by atoms with Crippen LogP contribution in [0.3, 0.4) is 0 Å². The van der Waals surface area contributed by atoms with Crippen LogP contribution in [0.1, 0.15) is 44.7 Å². The fraction of sp³-hybridized carbons (Fsp3) is 0.647. The van der Waals surface area contributed by atoms with E-state index < -0.39 is 0 Å². The zero-order valence-electron chi connectivity index (χ0n) is 13.4. The summed E-state index contributed by atoms with van der Waals surface area (Å²) in [6.45, 7) is 7.58. The molecular weight excluding hydrogens is 328 g/mol. The van der Waals surface area contributed by atoms with Crippen LogP contribution >= 0.6 is 15.9 Å². The Bertz CT molecular complexity index is 470. The second-order valence-corrected chi connectivity index (χ2v) is 7.19. The van der Waals surface area contributed by atoms with E-state index in [1.54, 1.807) is 7.11 Å². The van der Waals surface area contributed by atoms with Gasteiger partial charge in [-0.3, -0.25) is 4.90 Å². The van der Waals surface area contributed by atoms with Gasteiger partial charge in [0.2, 0.25) is 0 Å². The van der Waals surface area contributed by atoms with E-state index in [1.807, 2.05) is 6.07 Å². The number of ether oxygens (including phenoxy) is 1. The number of hydrogen-bond acceptors (Lipinski definition) is 3. The van der Waals surface area contributed by atoms with Gasteiger partial charge in [-0.05, 0) is 55.1 Å². The van der Waals surface area contributed by atoms with E-state index in [-0.39, 0.29) is 6.04 Å². The van der Waals surface area contributed by atoms with Crippen molar-refractivity contribution < 1.29 is 4.74 Å². The number of rotatable bonds is 5. The lowest BCUT2D eigenvalue weighted by Gasteiger charge is -2.42. The van der Waals surface area contributed by atoms with Crippen LogP contribution in [0.2, 0.25) is 0 Å². The molecule has 0 aromatic heterocycles. The maximum absolute atomic E-state index is 6.09. The summed E-state index contributed by atoms with van der Waals surface area (Å²) >= 11 is 3.67. The van der Waals surface area contributed by atoms with Crippen molar-refractivity contribution in [3.63, 3.8) is 0 Å². The summed E-state index contributed by atoms with van der Waals surface area (Å²) in [5, 5.41) is 0. The molecule has 1 heterocycles. The highest BCUT2D eigenvalue weighted by Gasteiger charge is 2.32. The second kappa shape index (κ2) is 7.12. The van der Waals surface area contributed by atoms with Gasteiger partial charge in [0.05, 0.1) is 7.11 Å². The topological polar surface area (TPSA) is 38.5 Å². The normalized spacial score (nSPS) is 20.2. The van der Waals surface area contributed by atoms with E-state index in [4.69, 9.17) is 10.5 Å². The minimum atomic E-state index is 0.260. The zero-order valence-corrected chi connectivity index (χ0v) is 14.9. The molecule has 118 valence electrons. The van der Waals surface area contributed by atoms with Crippen LogP contribution in [0.25, 0.3) is 0 Å². The van der Waals surface area contributed by atoms with Gasteiger partial charge in [0.1, 0.15) is 5.75 Å². The number of methoxy groups -OCH3 is 1. The molecule has 0 radical (unpaired) electrons. The zero-order chi connectivity index (χ0) is 15.5. The lowest BCUT2D eigenvalue weighted by Crippen LogP contribution is -2.42. The Morgan fingerprint density at radius 2 is 2.05 bits per heavy atom. The fourth-order valence-electron chi connectivity index (χ4n) is 3.11. The van der Waals surface area contributed by atoms with Crippen molar-refractivity contribution in [3.8, 4) is 5.75 Å². The molecule has 1 atom stereocenters. The highest BCUT2D eigenvalue weighted by Crippen LogP contribution is 2.38. The molecule has 0 spiro atoms. The molecular formula is C17H27BrN2O. The molecule has 1 aliphatic rings. The second-order valence-electron chi connectivity index (χ2n) is 6.34. The molecule has 3 nitrogen and oxygen atoms in total. The van der Waals surface area contributed by atoms with Gasteiger partial charge in [0, 0.05) is 17.1 Å². The first-order valence-corrected chi connectivity index (χ1v) is 8.60. The smallest absolute Gasteiger partial charge is 0.119 e. The molecule has 0 bridgehead atoms. The van der Waals surface area contributed by atoms with Gasteiger partial charge < -0.3 is 10.5 Å². The molecule has 21 heavy (non-hydrogen) atoms. The molecule has 1 aliphatic heterocycles. The molecule has 1 aromatic rings. The SMILES string of the molecule is CCC1(C)CCN(C(CN)c2cc(OC)ccc2Br)CC1. The lowest BCUT2D eigenvalue weighted by atomic mass is 9.78. The predicted molar refractivity (Wildman–Crippen MR) is 91.7 cm³/mol. The van der Waals surface area contributed by atoms with Crippen LogP contribution in [-0.2, 0) is 0 Å². The highest BCUT2D eigenvalue weighted by atomic mass is 79.9. The van der Waals surface area contributed by atoms with Gasteiger partial charge in [-0.15, -0.1) is 0 Å². The number of piperidine rings is 1. The van der Waals surface area contributed by atoms with E-state index in [2.05, 4.69) is 46.8 Å². The van der Waals surface area contributed by atoms with Crippen molar-refractivity contribution in [2.75, 3.05) is 26.7 Å². The van der Waals surface area contributed by atoms with E-state index in [0.717, 1.165) is 23.3 Å². The summed E-state index contributed by atoms with van der Waals surface area (Å²) in [6, 6.07) is 6.40. The molecule has 1 saturated heterocycles. The third-order valence-electron chi connectivity index (χ3n) is 5.08. The summed E-state index contributed by atoms with van der Waals surface area (Å²) < 4.78 is 6.48. The fourth-order valence-corrected chi connectivity index (χ4v) is 3.62. The average molecular weight is 355 g/mol. The third kappa shape index (κ3) is 3.79. The van der Waals surface area contributed by atoms with Gasteiger partial charge in [0.25, 0.3) is 0 Å². The van der Waals surface area contributed by atoms with Gasteiger partial charge >= 0.3 is 0 Å². The number of nitrogens with zero attached hydrogens (tertiary/aromatic N) is 1. The van der Waals surface area contributed by atoms with Crippen molar-refractivity contribution in [1.29, 1.82) is 0 Å². The van der Waals surface area contributed by atoms with E-state index in [9.17, 15) is 0 Å². The first-order valence-electron chi connectivity index (χ1n) is 7.80. The van der Waals surface area contributed by atoms with Crippen molar-refractivity contribution in [2.45, 2.75) is 39.2 Å². The molecule has 4 heteroatoms. The first-order chi connectivity index (χ1) is 10.0.